The average molecular weight is 267 g/mol. The van der Waals surface area contributed by atoms with E-state index in [9.17, 15) is 4.79 Å². The van der Waals surface area contributed by atoms with Crippen LogP contribution in [0.4, 0.5) is 0 Å². The van der Waals surface area contributed by atoms with Crippen LogP contribution in [0.2, 0.25) is 0 Å². The molecule has 0 amide bonds. The molecular weight excluding hydrogens is 258 g/mol. The van der Waals surface area contributed by atoms with Crippen molar-refractivity contribution in [2.45, 2.75) is 0 Å². The van der Waals surface area contributed by atoms with Crippen molar-refractivity contribution in [3.05, 3.63) is 54.6 Å². The Morgan fingerprint density at radius 3 is 2.75 bits per heavy atom. The Labute approximate surface area is 113 Å². The molecule has 2 heterocycles. The molecule has 0 atom stereocenters. The number of rotatable bonds is 3. The molecule has 6 nitrogen and oxygen atoms in total. The van der Waals surface area contributed by atoms with Crippen LogP contribution < -0.4 is 4.74 Å². The van der Waals surface area contributed by atoms with E-state index >= 15 is 0 Å². The molecule has 2 aromatic heterocycles. The van der Waals surface area contributed by atoms with Crippen molar-refractivity contribution >= 4 is 16.9 Å². The highest BCUT2D eigenvalue weighted by Gasteiger charge is 2.14. The highest BCUT2D eigenvalue weighted by atomic mass is 16.5. The lowest BCUT2D eigenvalue weighted by atomic mass is 10.2. The van der Waals surface area contributed by atoms with E-state index in [1.165, 1.54) is 12.4 Å². The SMILES string of the molecule is O=C(O)c1nccnc1Oc1ccc2cccnc2c1. The summed E-state index contributed by atoms with van der Waals surface area (Å²) in [6.07, 6.45) is 4.36. The van der Waals surface area contributed by atoms with Crippen LogP contribution in [0.3, 0.4) is 0 Å². The minimum Gasteiger partial charge on any atom is -0.476 e. The summed E-state index contributed by atoms with van der Waals surface area (Å²) in [5.41, 5.74) is 0.527. The van der Waals surface area contributed by atoms with Crippen LogP contribution in [0.1, 0.15) is 10.5 Å². The summed E-state index contributed by atoms with van der Waals surface area (Å²) in [6.45, 7) is 0. The topological polar surface area (TPSA) is 85.2 Å². The molecule has 0 aliphatic heterocycles. The molecule has 0 fully saturated rings. The number of benzene rings is 1. The van der Waals surface area contributed by atoms with Gasteiger partial charge in [0.05, 0.1) is 5.52 Å². The number of nitrogens with zero attached hydrogens (tertiary/aromatic N) is 3. The highest BCUT2D eigenvalue weighted by Crippen LogP contribution is 2.24. The van der Waals surface area contributed by atoms with Crippen LogP contribution >= 0.6 is 0 Å². The Hall–Kier alpha value is -3.02. The molecule has 3 aromatic rings. The molecule has 1 aromatic carbocycles. The maximum atomic E-state index is 11.0. The molecule has 0 bridgehead atoms. The largest absolute Gasteiger partial charge is 0.476 e. The second kappa shape index (κ2) is 4.93. The van der Waals surface area contributed by atoms with Crippen LogP contribution in [0, 0.1) is 0 Å². The maximum absolute atomic E-state index is 11.0. The summed E-state index contributed by atoms with van der Waals surface area (Å²) in [5, 5.41) is 9.99. The second-order valence-corrected chi connectivity index (χ2v) is 3.98. The van der Waals surface area contributed by atoms with Gasteiger partial charge in [0.1, 0.15) is 5.75 Å². The Morgan fingerprint density at radius 1 is 1.05 bits per heavy atom. The number of aromatic nitrogens is 3. The molecule has 0 unspecified atom stereocenters. The first-order valence-corrected chi connectivity index (χ1v) is 5.81. The van der Waals surface area contributed by atoms with Crippen molar-refractivity contribution in [3.8, 4) is 11.6 Å². The zero-order valence-corrected chi connectivity index (χ0v) is 10.2. The van der Waals surface area contributed by atoms with Gasteiger partial charge < -0.3 is 9.84 Å². The van der Waals surface area contributed by atoms with Gasteiger partial charge in [0, 0.05) is 30.0 Å². The summed E-state index contributed by atoms with van der Waals surface area (Å²) >= 11 is 0. The minimum atomic E-state index is -1.19. The molecular formula is C14H9N3O3. The minimum absolute atomic E-state index is 0.0460. The monoisotopic (exact) mass is 267 g/mol. The molecule has 0 saturated heterocycles. The van der Waals surface area contributed by atoms with Crippen molar-refractivity contribution in [3.63, 3.8) is 0 Å². The van der Waals surface area contributed by atoms with Gasteiger partial charge in [0.25, 0.3) is 5.88 Å². The van der Waals surface area contributed by atoms with Crippen molar-refractivity contribution < 1.29 is 14.6 Å². The van der Waals surface area contributed by atoms with Gasteiger partial charge in [0.2, 0.25) is 5.69 Å². The van der Waals surface area contributed by atoms with Crippen LogP contribution in [0.15, 0.2) is 48.9 Å². The third-order valence-electron chi connectivity index (χ3n) is 2.66. The van der Waals surface area contributed by atoms with Crippen molar-refractivity contribution in [2.75, 3.05) is 0 Å². The predicted octanol–water partition coefficient (Wildman–Crippen LogP) is 2.52. The fourth-order valence-corrected chi connectivity index (χ4v) is 1.77. The van der Waals surface area contributed by atoms with Gasteiger partial charge in [0.15, 0.2) is 0 Å². The molecule has 0 aliphatic rings. The molecule has 0 radical (unpaired) electrons. The van der Waals surface area contributed by atoms with Gasteiger partial charge >= 0.3 is 5.97 Å². The third-order valence-corrected chi connectivity index (χ3v) is 2.66. The molecule has 3 rings (SSSR count). The first-order chi connectivity index (χ1) is 9.74. The maximum Gasteiger partial charge on any atom is 0.360 e. The number of hydrogen-bond donors (Lipinski definition) is 1. The Morgan fingerprint density at radius 2 is 1.90 bits per heavy atom. The summed E-state index contributed by atoms with van der Waals surface area (Å²) in [5.74, 6) is -0.776. The smallest absolute Gasteiger partial charge is 0.360 e. The normalized spacial score (nSPS) is 10.4. The summed E-state index contributed by atoms with van der Waals surface area (Å²) in [4.78, 5) is 22.9. The van der Waals surface area contributed by atoms with E-state index < -0.39 is 5.97 Å². The van der Waals surface area contributed by atoms with E-state index in [0.717, 1.165) is 10.9 Å². The molecule has 0 spiro atoms. The number of hydrogen-bond acceptors (Lipinski definition) is 5. The predicted molar refractivity (Wildman–Crippen MR) is 70.8 cm³/mol. The molecule has 0 aliphatic carbocycles. The van der Waals surface area contributed by atoms with Crippen molar-refractivity contribution in [1.82, 2.24) is 15.0 Å². The lowest BCUT2D eigenvalue weighted by molar-refractivity contribution is 0.0686. The van der Waals surface area contributed by atoms with Crippen LogP contribution in [-0.2, 0) is 0 Å². The van der Waals surface area contributed by atoms with Gasteiger partial charge in [-0.05, 0) is 18.2 Å². The molecule has 20 heavy (non-hydrogen) atoms. The Kier molecular flexibility index (Phi) is 2.96. The van der Waals surface area contributed by atoms with Crippen LogP contribution in [0.25, 0.3) is 10.9 Å². The van der Waals surface area contributed by atoms with E-state index in [0.29, 0.717) is 5.75 Å². The lowest BCUT2D eigenvalue weighted by Gasteiger charge is -2.07. The van der Waals surface area contributed by atoms with E-state index in [-0.39, 0.29) is 11.6 Å². The molecule has 98 valence electrons. The van der Waals surface area contributed by atoms with Gasteiger partial charge in [-0.15, -0.1) is 0 Å². The first kappa shape index (κ1) is 12.0. The number of fused-ring (bicyclic) bond motifs is 1. The lowest BCUT2D eigenvalue weighted by Crippen LogP contribution is -2.04. The molecule has 0 saturated carbocycles. The fraction of sp³-hybridized carbons (Fsp3) is 0. The summed E-state index contributed by atoms with van der Waals surface area (Å²) in [6, 6.07) is 9.06. The number of ether oxygens (including phenoxy) is 1. The summed E-state index contributed by atoms with van der Waals surface area (Å²) < 4.78 is 5.48. The fourth-order valence-electron chi connectivity index (χ4n) is 1.77. The Bertz CT molecular complexity index is 789. The van der Waals surface area contributed by atoms with Crippen LogP contribution in [-0.4, -0.2) is 26.0 Å². The van der Waals surface area contributed by atoms with E-state index in [1.807, 2.05) is 18.2 Å². The van der Waals surface area contributed by atoms with E-state index in [1.54, 1.807) is 18.3 Å². The quantitative estimate of drug-likeness (QED) is 0.784. The average Bonchev–Trinajstić information content (AvgIpc) is 2.47. The number of carboxylic acids is 1. The first-order valence-electron chi connectivity index (χ1n) is 5.81. The third kappa shape index (κ3) is 2.26. The second-order valence-electron chi connectivity index (χ2n) is 3.98. The van der Waals surface area contributed by atoms with Gasteiger partial charge in [-0.25, -0.2) is 14.8 Å². The zero-order chi connectivity index (χ0) is 13.9. The number of aromatic carboxylic acids is 1. The molecule has 1 N–H and O–H groups in total. The number of carbonyl (C=O) groups is 1. The number of pyridine rings is 1. The van der Waals surface area contributed by atoms with Crippen molar-refractivity contribution in [2.24, 2.45) is 0 Å². The zero-order valence-electron chi connectivity index (χ0n) is 10.2. The van der Waals surface area contributed by atoms with Crippen LogP contribution in [0.5, 0.6) is 11.6 Å². The summed E-state index contributed by atoms with van der Waals surface area (Å²) in [7, 11) is 0. The molecule has 6 heteroatoms. The van der Waals surface area contributed by atoms with E-state index in [2.05, 4.69) is 15.0 Å². The number of carboxylic acid groups (broad SMARTS) is 1. The van der Waals surface area contributed by atoms with E-state index in [4.69, 9.17) is 9.84 Å². The van der Waals surface area contributed by atoms with Gasteiger partial charge in [-0.1, -0.05) is 6.07 Å². The Balaban J connectivity index is 1.99. The standard InChI is InChI=1S/C14H9N3O3/c18-14(19)12-13(17-7-6-16-12)20-10-4-3-9-2-1-5-15-11(9)8-10/h1-8H,(H,18,19). The van der Waals surface area contributed by atoms with Gasteiger partial charge in [-0.2, -0.15) is 0 Å². The van der Waals surface area contributed by atoms with Gasteiger partial charge in [-0.3, -0.25) is 4.98 Å². The van der Waals surface area contributed by atoms with Crippen molar-refractivity contribution in [1.29, 1.82) is 0 Å². The highest BCUT2D eigenvalue weighted by molar-refractivity contribution is 5.88.